The third-order valence-corrected chi connectivity index (χ3v) is 6.00. The Kier molecular flexibility index (Phi) is 7.40. The van der Waals surface area contributed by atoms with Crippen molar-refractivity contribution in [2.24, 2.45) is 0 Å². The number of nitrogens with zero attached hydrogens (tertiary/aromatic N) is 1. The van der Waals surface area contributed by atoms with Crippen molar-refractivity contribution in [1.82, 2.24) is 4.90 Å². The predicted octanol–water partition coefficient (Wildman–Crippen LogP) is 4.94. The molecule has 4 rings (SSSR count). The molecular formula is C27H31NO4. The van der Waals surface area contributed by atoms with Gasteiger partial charge in [0.05, 0.1) is 18.1 Å². The number of rotatable bonds is 8. The minimum atomic E-state index is -0.122. The van der Waals surface area contributed by atoms with Crippen LogP contribution in [0.5, 0.6) is 5.75 Å². The van der Waals surface area contributed by atoms with E-state index in [2.05, 4.69) is 17.1 Å². The zero-order valence-electron chi connectivity index (χ0n) is 18.6. The molecule has 1 saturated heterocycles. The van der Waals surface area contributed by atoms with Crippen LogP contribution in [-0.4, -0.2) is 42.4 Å². The van der Waals surface area contributed by atoms with Crippen molar-refractivity contribution in [3.05, 3.63) is 76.5 Å². The second-order valence-corrected chi connectivity index (χ2v) is 8.40. The summed E-state index contributed by atoms with van der Waals surface area (Å²) in [6.07, 6.45) is 7.88. The lowest BCUT2D eigenvalue weighted by molar-refractivity contribution is 0.0880. The number of aliphatic hydroxyl groups excluding tert-OH is 1. The number of likely N-dealkylation sites (tertiary alicyclic amines) is 1. The van der Waals surface area contributed by atoms with Crippen LogP contribution in [0.3, 0.4) is 0 Å². The lowest BCUT2D eigenvalue weighted by atomic mass is 10.1. The molecule has 0 aliphatic carbocycles. The van der Waals surface area contributed by atoms with E-state index in [-0.39, 0.29) is 11.5 Å². The molecule has 32 heavy (non-hydrogen) atoms. The Morgan fingerprint density at radius 3 is 2.69 bits per heavy atom. The van der Waals surface area contributed by atoms with Crippen molar-refractivity contribution >= 4 is 11.0 Å². The molecule has 0 amide bonds. The highest BCUT2D eigenvalue weighted by Crippen LogP contribution is 2.27. The molecule has 2 aromatic carbocycles. The second kappa shape index (κ2) is 10.6. The fraction of sp³-hybridized carbons (Fsp3) is 0.370. The Morgan fingerprint density at radius 1 is 1.12 bits per heavy atom. The summed E-state index contributed by atoms with van der Waals surface area (Å²) in [7, 11) is 0. The molecule has 2 heterocycles. The van der Waals surface area contributed by atoms with E-state index in [1.165, 1.54) is 0 Å². The Labute approximate surface area is 188 Å². The van der Waals surface area contributed by atoms with E-state index in [1.54, 1.807) is 13.0 Å². The summed E-state index contributed by atoms with van der Waals surface area (Å²) in [5.74, 6) is 1.30. The molecule has 0 saturated carbocycles. The Balaban J connectivity index is 1.31. The Morgan fingerprint density at radius 2 is 1.91 bits per heavy atom. The number of allylic oxidation sites excluding steroid dienone is 1. The average Bonchev–Trinajstić information content (AvgIpc) is 2.82. The highest BCUT2D eigenvalue weighted by Gasteiger charge is 2.15. The summed E-state index contributed by atoms with van der Waals surface area (Å²) in [5.41, 5.74) is 2.05. The molecule has 5 nitrogen and oxygen atoms in total. The molecule has 0 radical (unpaired) electrons. The van der Waals surface area contributed by atoms with Crippen molar-refractivity contribution in [1.29, 1.82) is 0 Å². The quantitative estimate of drug-likeness (QED) is 0.403. The van der Waals surface area contributed by atoms with Gasteiger partial charge in [0.25, 0.3) is 0 Å². The van der Waals surface area contributed by atoms with Gasteiger partial charge in [-0.05, 0) is 50.8 Å². The maximum Gasteiger partial charge on any atom is 0.196 e. The van der Waals surface area contributed by atoms with Crippen LogP contribution in [-0.2, 0) is 0 Å². The third-order valence-electron chi connectivity index (χ3n) is 6.00. The zero-order valence-corrected chi connectivity index (χ0v) is 18.6. The van der Waals surface area contributed by atoms with Crippen LogP contribution in [0, 0.1) is 6.92 Å². The van der Waals surface area contributed by atoms with E-state index in [9.17, 15) is 9.90 Å². The van der Waals surface area contributed by atoms with E-state index < -0.39 is 0 Å². The van der Waals surface area contributed by atoms with E-state index in [1.807, 2.05) is 42.5 Å². The summed E-state index contributed by atoms with van der Waals surface area (Å²) in [6, 6.07) is 15.2. The van der Waals surface area contributed by atoms with Crippen molar-refractivity contribution in [3.63, 3.8) is 0 Å². The van der Waals surface area contributed by atoms with Crippen LogP contribution in [0.2, 0.25) is 0 Å². The first-order valence-electron chi connectivity index (χ1n) is 11.4. The molecule has 0 unspecified atom stereocenters. The summed E-state index contributed by atoms with van der Waals surface area (Å²) >= 11 is 0. The van der Waals surface area contributed by atoms with Crippen LogP contribution in [0.4, 0.5) is 0 Å². The number of fused-ring (bicyclic) bond motifs is 1. The Bertz CT molecular complexity index is 1110. The second-order valence-electron chi connectivity index (χ2n) is 8.40. The van der Waals surface area contributed by atoms with Gasteiger partial charge in [0, 0.05) is 30.8 Å². The van der Waals surface area contributed by atoms with Crippen LogP contribution in [0.15, 0.2) is 69.9 Å². The van der Waals surface area contributed by atoms with Crippen molar-refractivity contribution in [2.75, 3.05) is 26.2 Å². The molecule has 1 aromatic heterocycles. The zero-order chi connectivity index (χ0) is 22.3. The van der Waals surface area contributed by atoms with Gasteiger partial charge in [-0.2, -0.15) is 0 Å². The number of aliphatic hydroxyl groups is 1. The smallest absolute Gasteiger partial charge is 0.196 e. The topological polar surface area (TPSA) is 62.9 Å². The van der Waals surface area contributed by atoms with Crippen LogP contribution in [0.25, 0.3) is 22.3 Å². The van der Waals surface area contributed by atoms with Gasteiger partial charge < -0.3 is 14.3 Å². The molecule has 5 heteroatoms. The van der Waals surface area contributed by atoms with Crippen molar-refractivity contribution in [3.8, 4) is 17.1 Å². The van der Waals surface area contributed by atoms with Gasteiger partial charge in [-0.1, -0.05) is 42.5 Å². The SMILES string of the molecule is Cc1c(-c2ccccc2)oc2ccc(OCCC/C=C\CN3CCC(O)CC3)cc2c1=O. The summed E-state index contributed by atoms with van der Waals surface area (Å²) in [6.45, 7) is 5.28. The van der Waals surface area contributed by atoms with Crippen molar-refractivity contribution in [2.45, 2.75) is 38.7 Å². The van der Waals surface area contributed by atoms with Gasteiger partial charge in [-0.25, -0.2) is 0 Å². The van der Waals surface area contributed by atoms with E-state index in [0.29, 0.717) is 34.6 Å². The van der Waals surface area contributed by atoms with Gasteiger partial charge in [0.1, 0.15) is 17.1 Å². The van der Waals surface area contributed by atoms with Crippen LogP contribution < -0.4 is 10.2 Å². The molecule has 0 bridgehead atoms. The monoisotopic (exact) mass is 433 g/mol. The number of benzene rings is 2. The highest BCUT2D eigenvalue weighted by atomic mass is 16.5. The molecular weight excluding hydrogens is 402 g/mol. The lowest BCUT2D eigenvalue weighted by Crippen LogP contribution is -2.35. The number of unbranched alkanes of at least 4 members (excludes halogenated alkanes) is 1. The first kappa shape index (κ1) is 22.3. The standard InChI is InChI=1S/C27H31NO4/c1-20-26(30)24-19-23(11-12-25(24)32-27(20)21-9-5-4-6-10-21)31-18-8-3-2-7-15-28-16-13-22(29)14-17-28/h2,4-7,9-12,19,22,29H,3,8,13-18H2,1H3/b7-2-. The number of piperidine rings is 1. The molecule has 1 aliphatic rings. The molecule has 1 N–H and O–H groups in total. The fourth-order valence-electron chi connectivity index (χ4n) is 4.06. The maximum atomic E-state index is 12.9. The number of hydrogen-bond donors (Lipinski definition) is 1. The minimum Gasteiger partial charge on any atom is -0.494 e. The maximum absolute atomic E-state index is 12.9. The normalized spacial score (nSPS) is 15.6. The van der Waals surface area contributed by atoms with Gasteiger partial charge in [-0.15, -0.1) is 0 Å². The average molecular weight is 434 g/mol. The number of hydrogen-bond acceptors (Lipinski definition) is 5. The van der Waals surface area contributed by atoms with Gasteiger partial charge in [0.2, 0.25) is 0 Å². The van der Waals surface area contributed by atoms with Gasteiger partial charge >= 0.3 is 0 Å². The minimum absolute atomic E-state index is 0.0243. The summed E-state index contributed by atoms with van der Waals surface area (Å²) < 4.78 is 11.9. The van der Waals surface area contributed by atoms with E-state index in [0.717, 1.165) is 50.9 Å². The first-order valence-corrected chi connectivity index (χ1v) is 11.4. The lowest BCUT2D eigenvalue weighted by Gasteiger charge is -2.28. The summed E-state index contributed by atoms with van der Waals surface area (Å²) in [5, 5.41) is 10.1. The molecule has 1 fully saturated rings. The van der Waals surface area contributed by atoms with E-state index in [4.69, 9.17) is 9.15 Å². The molecule has 0 spiro atoms. The number of ether oxygens (including phenoxy) is 1. The largest absolute Gasteiger partial charge is 0.494 e. The highest BCUT2D eigenvalue weighted by molar-refractivity contribution is 5.81. The van der Waals surface area contributed by atoms with Crippen LogP contribution in [0.1, 0.15) is 31.2 Å². The van der Waals surface area contributed by atoms with Gasteiger partial charge in [0.15, 0.2) is 5.43 Å². The van der Waals surface area contributed by atoms with E-state index >= 15 is 0 Å². The summed E-state index contributed by atoms with van der Waals surface area (Å²) in [4.78, 5) is 15.3. The van der Waals surface area contributed by atoms with Gasteiger partial charge in [-0.3, -0.25) is 9.69 Å². The molecule has 3 aromatic rings. The molecule has 168 valence electrons. The predicted molar refractivity (Wildman–Crippen MR) is 128 cm³/mol. The molecule has 0 atom stereocenters. The third kappa shape index (κ3) is 5.47. The Hall–Kier alpha value is -2.89. The fourth-order valence-corrected chi connectivity index (χ4v) is 4.06. The van der Waals surface area contributed by atoms with Crippen LogP contribution >= 0.6 is 0 Å². The first-order chi connectivity index (χ1) is 15.6. The van der Waals surface area contributed by atoms with Crippen molar-refractivity contribution < 1.29 is 14.3 Å². The molecule has 1 aliphatic heterocycles.